The quantitative estimate of drug-likeness (QED) is 0.629. The van der Waals surface area contributed by atoms with Crippen LogP contribution in [-0.2, 0) is 24.4 Å². The van der Waals surface area contributed by atoms with Crippen LogP contribution in [0.4, 0.5) is 10.1 Å². The molecular formula is C18H25FN3O4P. The number of amides is 1. The standard InChI is InChI=1S/C18H25FN3O4P/c1-5-11-22-15(12-27(24-6-2)25-7-3)20-26-18(22)13-9-8-10-14(19)16(13)21(4)17(18)23/h8-10H,5-7,11-12H2,1-4H3. The van der Waals surface area contributed by atoms with Crippen LogP contribution in [0.25, 0.3) is 0 Å². The first-order valence-electron chi connectivity index (χ1n) is 9.14. The highest BCUT2D eigenvalue weighted by molar-refractivity contribution is 7.48. The number of oxime groups is 1. The third-order valence-corrected chi connectivity index (χ3v) is 6.15. The second kappa shape index (κ2) is 8.09. The summed E-state index contributed by atoms with van der Waals surface area (Å²) in [4.78, 5) is 22.1. The Morgan fingerprint density at radius 2 is 1.96 bits per heavy atom. The summed E-state index contributed by atoms with van der Waals surface area (Å²) in [5.41, 5.74) is -0.756. The lowest BCUT2D eigenvalue weighted by molar-refractivity contribution is -0.157. The number of hydrogen-bond acceptors (Lipinski definition) is 6. The van der Waals surface area contributed by atoms with Gasteiger partial charge in [0, 0.05) is 13.6 Å². The maximum absolute atomic E-state index is 14.4. The van der Waals surface area contributed by atoms with Crippen molar-refractivity contribution in [2.24, 2.45) is 5.16 Å². The third-order valence-electron chi connectivity index (χ3n) is 4.52. The van der Waals surface area contributed by atoms with Crippen molar-refractivity contribution in [1.29, 1.82) is 0 Å². The maximum atomic E-state index is 14.4. The fraction of sp³-hybridized carbons (Fsp3) is 0.556. The van der Waals surface area contributed by atoms with E-state index in [0.717, 1.165) is 6.42 Å². The first kappa shape index (κ1) is 20.0. The molecule has 27 heavy (non-hydrogen) atoms. The normalized spacial score (nSPS) is 21.3. The van der Waals surface area contributed by atoms with Gasteiger partial charge in [0.2, 0.25) is 0 Å². The highest BCUT2D eigenvalue weighted by Crippen LogP contribution is 2.49. The van der Waals surface area contributed by atoms with E-state index in [1.165, 1.54) is 11.0 Å². The molecule has 0 saturated carbocycles. The molecule has 0 N–H and O–H groups in total. The number of likely N-dealkylation sites (N-methyl/N-ethyl adjacent to an activating group) is 1. The number of carbonyl (C=O) groups is 1. The van der Waals surface area contributed by atoms with E-state index in [2.05, 4.69) is 5.16 Å². The number of amidine groups is 1. The van der Waals surface area contributed by atoms with E-state index in [4.69, 9.17) is 13.9 Å². The highest BCUT2D eigenvalue weighted by Gasteiger charge is 2.61. The molecule has 3 rings (SSSR count). The average Bonchev–Trinajstić information content (AvgIpc) is 3.10. The van der Waals surface area contributed by atoms with E-state index in [1.54, 1.807) is 19.2 Å². The van der Waals surface area contributed by atoms with Gasteiger partial charge in [0.1, 0.15) is 5.82 Å². The molecule has 1 aromatic rings. The van der Waals surface area contributed by atoms with Crippen LogP contribution in [0.1, 0.15) is 32.8 Å². The van der Waals surface area contributed by atoms with Crippen molar-refractivity contribution in [1.82, 2.24) is 4.90 Å². The minimum absolute atomic E-state index is 0.233. The van der Waals surface area contributed by atoms with Gasteiger partial charge >= 0.3 is 5.72 Å². The van der Waals surface area contributed by atoms with Crippen molar-refractivity contribution in [3.8, 4) is 0 Å². The summed E-state index contributed by atoms with van der Waals surface area (Å²) < 4.78 is 25.8. The van der Waals surface area contributed by atoms with Gasteiger partial charge in [-0.25, -0.2) is 4.39 Å². The van der Waals surface area contributed by atoms with Crippen molar-refractivity contribution in [2.45, 2.75) is 32.9 Å². The van der Waals surface area contributed by atoms with Gasteiger partial charge in [-0.05, 0) is 26.3 Å². The molecule has 0 saturated heterocycles. The van der Waals surface area contributed by atoms with Crippen LogP contribution in [0.5, 0.6) is 0 Å². The smallest absolute Gasteiger partial charge is 0.318 e. The lowest BCUT2D eigenvalue weighted by Gasteiger charge is -2.33. The first-order chi connectivity index (χ1) is 13.0. The third kappa shape index (κ3) is 3.20. The molecule has 148 valence electrons. The highest BCUT2D eigenvalue weighted by atomic mass is 31.2. The predicted molar refractivity (Wildman–Crippen MR) is 102 cm³/mol. The number of anilines is 1. The molecule has 2 aliphatic heterocycles. The summed E-state index contributed by atoms with van der Waals surface area (Å²) in [6.07, 6.45) is 1.17. The van der Waals surface area contributed by atoms with E-state index in [0.29, 0.717) is 37.3 Å². The van der Waals surface area contributed by atoms with Crippen molar-refractivity contribution >= 4 is 25.8 Å². The van der Waals surface area contributed by atoms with Crippen molar-refractivity contribution < 1.29 is 23.1 Å². The zero-order valence-corrected chi connectivity index (χ0v) is 17.0. The SMILES string of the molecule is CCCN1C(CP(OCC)OCC)=NOC12C(=O)N(C)c1c(F)cccc12. The molecule has 1 atom stereocenters. The average molecular weight is 397 g/mol. The van der Waals surface area contributed by atoms with Crippen molar-refractivity contribution in [2.75, 3.05) is 37.9 Å². The van der Waals surface area contributed by atoms with Gasteiger partial charge in [-0.2, -0.15) is 0 Å². The summed E-state index contributed by atoms with van der Waals surface area (Å²) in [5.74, 6) is -0.227. The number of halogens is 1. The van der Waals surface area contributed by atoms with Gasteiger partial charge in [-0.15, -0.1) is 0 Å². The number of rotatable bonds is 8. The molecule has 2 heterocycles. The molecule has 0 fully saturated rings. The number of carbonyl (C=O) groups excluding carboxylic acids is 1. The number of fused-ring (bicyclic) bond motifs is 2. The number of para-hydroxylation sites is 1. The van der Waals surface area contributed by atoms with Crippen LogP contribution < -0.4 is 4.90 Å². The van der Waals surface area contributed by atoms with Crippen LogP contribution in [0, 0.1) is 5.82 Å². The van der Waals surface area contributed by atoms with Gasteiger partial charge in [-0.3, -0.25) is 4.79 Å². The van der Waals surface area contributed by atoms with Gasteiger partial charge in [-0.1, -0.05) is 24.2 Å². The first-order valence-corrected chi connectivity index (χ1v) is 10.5. The summed E-state index contributed by atoms with van der Waals surface area (Å²) in [6, 6.07) is 4.64. The second-order valence-corrected chi connectivity index (χ2v) is 7.72. The molecule has 0 aliphatic carbocycles. The fourth-order valence-electron chi connectivity index (χ4n) is 3.48. The molecule has 1 amide bonds. The largest absolute Gasteiger partial charge is 0.350 e. The van der Waals surface area contributed by atoms with E-state index in [9.17, 15) is 9.18 Å². The molecule has 1 spiro atoms. The molecule has 1 unspecified atom stereocenters. The number of nitrogens with zero attached hydrogens (tertiary/aromatic N) is 3. The fourth-order valence-corrected chi connectivity index (χ4v) is 4.77. The maximum Gasteiger partial charge on any atom is 0.318 e. The Morgan fingerprint density at radius 3 is 2.59 bits per heavy atom. The minimum atomic E-state index is -1.46. The molecule has 0 aromatic heterocycles. The second-order valence-electron chi connectivity index (χ2n) is 6.22. The van der Waals surface area contributed by atoms with Crippen molar-refractivity contribution in [3.63, 3.8) is 0 Å². The predicted octanol–water partition coefficient (Wildman–Crippen LogP) is 3.40. The summed E-state index contributed by atoms with van der Waals surface area (Å²) in [7, 11) is 0.363. The lowest BCUT2D eigenvalue weighted by Crippen LogP contribution is -2.53. The summed E-state index contributed by atoms with van der Waals surface area (Å²) in [6.45, 7) is 7.40. The van der Waals surface area contributed by atoms with Gasteiger partial charge < -0.3 is 23.7 Å². The van der Waals surface area contributed by atoms with Crippen LogP contribution >= 0.6 is 8.38 Å². The van der Waals surface area contributed by atoms with E-state index in [-0.39, 0.29) is 11.6 Å². The van der Waals surface area contributed by atoms with Crippen LogP contribution in [0.2, 0.25) is 0 Å². The Hall–Kier alpha value is -1.76. The van der Waals surface area contributed by atoms with Crippen LogP contribution in [0.3, 0.4) is 0 Å². The monoisotopic (exact) mass is 397 g/mol. The minimum Gasteiger partial charge on any atom is -0.350 e. The Balaban J connectivity index is 1.98. The molecule has 9 heteroatoms. The molecule has 0 bridgehead atoms. The Labute approximate surface area is 160 Å². The van der Waals surface area contributed by atoms with E-state index < -0.39 is 19.9 Å². The molecule has 1 aromatic carbocycles. The summed E-state index contributed by atoms with van der Waals surface area (Å²) in [5, 5.41) is 4.22. The topological polar surface area (TPSA) is 63.6 Å². The van der Waals surface area contributed by atoms with E-state index >= 15 is 0 Å². The Bertz CT molecular complexity index is 741. The van der Waals surface area contributed by atoms with Gasteiger partial charge in [0.25, 0.3) is 5.91 Å². The molecular weight excluding hydrogens is 372 g/mol. The molecule has 2 aliphatic rings. The zero-order chi connectivity index (χ0) is 19.6. The van der Waals surface area contributed by atoms with Crippen LogP contribution in [0.15, 0.2) is 23.4 Å². The van der Waals surface area contributed by atoms with Crippen LogP contribution in [-0.4, -0.2) is 49.6 Å². The van der Waals surface area contributed by atoms with Crippen molar-refractivity contribution in [3.05, 3.63) is 29.6 Å². The van der Waals surface area contributed by atoms with Gasteiger partial charge in [0.05, 0.1) is 30.6 Å². The van der Waals surface area contributed by atoms with E-state index in [1.807, 2.05) is 25.7 Å². The molecule has 0 radical (unpaired) electrons. The Morgan fingerprint density at radius 1 is 1.26 bits per heavy atom. The molecule has 7 nitrogen and oxygen atoms in total. The lowest BCUT2D eigenvalue weighted by atomic mass is 10.0. The number of hydrogen-bond donors (Lipinski definition) is 0. The Kier molecular flexibility index (Phi) is 5.99. The number of benzene rings is 1. The summed E-state index contributed by atoms with van der Waals surface area (Å²) >= 11 is 0. The van der Waals surface area contributed by atoms with Gasteiger partial charge in [0.15, 0.2) is 14.2 Å². The zero-order valence-electron chi connectivity index (χ0n) is 16.1.